The number of halogens is 1. The van der Waals surface area contributed by atoms with Gasteiger partial charge in [0.1, 0.15) is 18.0 Å². The molecule has 0 bridgehead atoms. The fraction of sp³-hybridized carbons (Fsp3) is 0.146. The van der Waals surface area contributed by atoms with Gasteiger partial charge in [-0.1, -0.05) is 81.3 Å². The molecule has 4 aromatic carbocycles. The lowest BCUT2D eigenvalue weighted by molar-refractivity contribution is -0.117. The first-order chi connectivity index (χ1) is 28.0. The molecule has 2 N–H and O–H groups in total. The van der Waals surface area contributed by atoms with Crippen molar-refractivity contribution in [1.82, 2.24) is 23.8 Å². The maximum Gasteiger partial charge on any atom is 0.292 e. The fourth-order valence-corrected chi connectivity index (χ4v) is 9.28. The number of Topliss-reactive ketones (excluding diaryl/α,β-unsaturated/α-hetero) is 1. The van der Waals surface area contributed by atoms with Crippen molar-refractivity contribution in [2.75, 3.05) is 20.8 Å². The number of aromatic amines is 1. The number of rotatable bonds is 15. The Hall–Kier alpha value is -6.10. The zero-order valence-electron chi connectivity index (χ0n) is 31.3. The van der Waals surface area contributed by atoms with Gasteiger partial charge in [-0.25, -0.2) is 17.4 Å². The minimum atomic E-state index is -4.34. The van der Waals surface area contributed by atoms with Crippen LogP contribution in [0.2, 0.25) is 0 Å². The molecule has 1 atom stereocenters. The van der Waals surface area contributed by atoms with Crippen LogP contribution in [0.1, 0.15) is 38.8 Å². The highest BCUT2D eigenvalue weighted by molar-refractivity contribution is 9.10. The van der Waals surface area contributed by atoms with Gasteiger partial charge in [-0.3, -0.25) is 14.2 Å². The number of azide groups is 1. The first-order valence-corrected chi connectivity index (χ1v) is 20.7. The number of H-pyrrole nitrogens is 1. The van der Waals surface area contributed by atoms with E-state index in [-0.39, 0.29) is 40.6 Å². The molecule has 0 saturated carbocycles. The molecular weight excluding hydrogens is 845 g/mol. The van der Waals surface area contributed by atoms with Crippen LogP contribution in [0.3, 0.4) is 0 Å². The Morgan fingerprint density at radius 3 is 2.53 bits per heavy atom. The van der Waals surface area contributed by atoms with Crippen LogP contribution in [0, 0.1) is 6.92 Å². The number of ketones is 1. The quantitative estimate of drug-likeness (QED) is 0.0336. The van der Waals surface area contributed by atoms with E-state index in [1.54, 1.807) is 55.8 Å². The second-order valence-electron chi connectivity index (χ2n) is 13.1. The number of amides is 1. The third-order valence-corrected chi connectivity index (χ3v) is 12.7. The maximum absolute atomic E-state index is 14.6. The number of imidazole rings is 1. The Morgan fingerprint density at radius 1 is 1.07 bits per heavy atom. The first kappa shape index (κ1) is 40.1. The van der Waals surface area contributed by atoms with Crippen molar-refractivity contribution in [3.63, 3.8) is 0 Å². The van der Waals surface area contributed by atoms with Crippen LogP contribution in [0.15, 0.2) is 135 Å². The number of carbonyl (C=O) groups is 2. The van der Waals surface area contributed by atoms with Crippen molar-refractivity contribution in [3.8, 4) is 5.75 Å². The summed E-state index contributed by atoms with van der Waals surface area (Å²) in [5.41, 5.74) is 12.9. The molecule has 1 unspecified atom stereocenters. The predicted octanol–water partition coefficient (Wildman–Crippen LogP) is 8.80. The number of nitrogens with zero attached hydrogens (tertiary/aromatic N) is 6. The standard InChI is InChI=1S/C41H35BrN8O6S2/c1-24-10-13-28(14-11-24)58(53,54)50-22-32(34(20-46-48-43)47-40(52)39(51)31-19-44-33-18-26(42)12-15-30(31)33)37-29(16-17-36(56-4)38(37)50)25(2)35-21-45-41(49(35)23-55-3)57-27-8-6-5-7-9-27/h5-19,21-22,34,44H,2,20,23H2,1,3-4H3,(H,47,52). The molecule has 0 aliphatic carbocycles. The van der Waals surface area contributed by atoms with Gasteiger partial charge >= 0.3 is 0 Å². The number of hydrogen-bond acceptors (Lipinski definition) is 9. The van der Waals surface area contributed by atoms with Gasteiger partial charge in [-0.05, 0) is 66.5 Å². The number of carbonyl (C=O) groups excluding carboxylic acids is 2. The van der Waals surface area contributed by atoms with E-state index >= 15 is 0 Å². The second-order valence-corrected chi connectivity index (χ2v) is 16.8. The number of hydrogen-bond donors (Lipinski definition) is 2. The smallest absolute Gasteiger partial charge is 0.292 e. The number of methoxy groups -OCH3 is 2. The molecule has 7 rings (SSSR count). The molecule has 0 fully saturated rings. The lowest BCUT2D eigenvalue weighted by Gasteiger charge is -2.19. The van der Waals surface area contributed by atoms with Crippen LogP contribution in [0.5, 0.6) is 5.75 Å². The minimum Gasteiger partial charge on any atom is -0.495 e. The summed E-state index contributed by atoms with van der Waals surface area (Å²) >= 11 is 4.84. The van der Waals surface area contributed by atoms with Gasteiger partial charge in [-0.15, -0.1) is 0 Å². The molecule has 1 amide bonds. The molecule has 58 heavy (non-hydrogen) atoms. The molecule has 0 aliphatic rings. The van der Waals surface area contributed by atoms with Crippen LogP contribution in [-0.2, 0) is 26.3 Å². The Morgan fingerprint density at radius 2 is 1.83 bits per heavy atom. The Bertz CT molecular complexity index is 2880. The predicted molar refractivity (Wildman–Crippen MR) is 225 cm³/mol. The van der Waals surface area contributed by atoms with Crippen LogP contribution in [0.25, 0.3) is 37.8 Å². The van der Waals surface area contributed by atoms with Gasteiger partial charge in [0.15, 0.2) is 5.16 Å². The molecule has 0 aliphatic heterocycles. The minimum absolute atomic E-state index is 0.00892. The van der Waals surface area contributed by atoms with Crippen LogP contribution in [0.4, 0.5) is 0 Å². The van der Waals surface area contributed by atoms with Gasteiger partial charge in [0.2, 0.25) is 0 Å². The molecule has 0 saturated heterocycles. The summed E-state index contributed by atoms with van der Waals surface area (Å²) in [4.78, 5) is 39.3. The highest BCUT2D eigenvalue weighted by Gasteiger charge is 2.32. The van der Waals surface area contributed by atoms with Gasteiger partial charge in [-0.2, -0.15) is 0 Å². The summed E-state index contributed by atoms with van der Waals surface area (Å²) < 4.78 is 44.3. The number of aryl methyl sites for hydroxylation is 1. The number of aromatic nitrogens is 4. The molecule has 294 valence electrons. The molecule has 3 aromatic heterocycles. The lowest BCUT2D eigenvalue weighted by atomic mass is 9.95. The lowest BCUT2D eigenvalue weighted by Crippen LogP contribution is -2.35. The number of nitrogens with one attached hydrogen (secondary N) is 2. The molecule has 14 nitrogen and oxygen atoms in total. The maximum atomic E-state index is 14.6. The van der Waals surface area contributed by atoms with E-state index < -0.39 is 27.8 Å². The summed E-state index contributed by atoms with van der Waals surface area (Å²) in [6.45, 7) is 6.04. The van der Waals surface area contributed by atoms with Gasteiger partial charge < -0.3 is 19.8 Å². The second kappa shape index (κ2) is 16.8. The third-order valence-electron chi connectivity index (χ3n) is 9.47. The first-order valence-electron chi connectivity index (χ1n) is 17.6. The zero-order chi connectivity index (χ0) is 41.1. The van der Waals surface area contributed by atoms with E-state index in [9.17, 15) is 23.5 Å². The van der Waals surface area contributed by atoms with Crippen molar-refractivity contribution < 1.29 is 27.5 Å². The summed E-state index contributed by atoms with van der Waals surface area (Å²) in [6.07, 6.45) is 4.45. The largest absolute Gasteiger partial charge is 0.495 e. The van der Waals surface area contributed by atoms with Crippen molar-refractivity contribution in [2.24, 2.45) is 5.11 Å². The van der Waals surface area contributed by atoms with Crippen molar-refractivity contribution in [1.29, 1.82) is 0 Å². The molecule has 0 radical (unpaired) electrons. The van der Waals surface area contributed by atoms with Crippen LogP contribution in [-0.4, -0.2) is 59.4 Å². The third kappa shape index (κ3) is 7.65. The summed E-state index contributed by atoms with van der Waals surface area (Å²) in [5, 5.41) is 7.98. The van der Waals surface area contributed by atoms with Gasteiger partial charge in [0.25, 0.3) is 21.7 Å². The van der Waals surface area contributed by atoms with Crippen LogP contribution >= 0.6 is 27.7 Å². The summed E-state index contributed by atoms with van der Waals surface area (Å²) in [6, 6.07) is 23.4. The van der Waals surface area contributed by atoms with Crippen LogP contribution < -0.4 is 10.1 Å². The average molecular weight is 880 g/mol. The topological polar surface area (TPSA) is 186 Å². The van der Waals surface area contributed by atoms with Crippen molar-refractivity contribution >= 4 is 76.8 Å². The highest BCUT2D eigenvalue weighted by Crippen LogP contribution is 2.42. The number of ether oxygens (including phenoxy) is 2. The Kier molecular flexibility index (Phi) is 11.6. The van der Waals surface area contributed by atoms with Crippen molar-refractivity contribution in [3.05, 3.63) is 153 Å². The Labute approximate surface area is 345 Å². The van der Waals surface area contributed by atoms with E-state index in [0.29, 0.717) is 38.3 Å². The zero-order valence-corrected chi connectivity index (χ0v) is 34.6. The average Bonchev–Trinajstić information content (AvgIpc) is 3.95. The highest BCUT2D eigenvalue weighted by atomic mass is 79.9. The molecule has 17 heteroatoms. The van der Waals surface area contributed by atoms with E-state index in [0.717, 1.165) is 18.9 Å². The molecule has 7 aromatic rings. The fourth-order valence-electron chi connectivity index (χ4n) is 6.67. The van der Waals surface area contributed by atoms with Gasteiger partial charge in [0, 0.05) is 61.2 Å². The summed E-state index contributed by atoms with van der Waals surface area (Å²) in [5.74, 6) is -1.67. The Balaban J connectivity index is 1.42. The van der Waals surface area contributed by atoms with E-state index in [1.807, 2.05) is 41.8 Å². The summed E-state index contributed by atoms with van der Waals surface area (Å²) in [7, 11) is -1.36. The van der Waals surface area contributed by atoms with Gasteiger partial charge in [0.05, 0.1) is 42.0 Å². The van der Waals surface area contributed by atoms with E-state index in [1.165, 1.54) is 43.4 Å². The number of fused-ring (bicyclic) bond motifs is 2. The van der Waals surface area contributed by atoms with Crippen molar-refractivity contribution in [2.45, 2.75) is 34.6 Å². The van der Waals surface area contributed by atoms with E-state index in [4.69, 9.17) is 14.5 Å². The normalized spacial score (nSPS) is 12.0. The number of benzene rings is 4. The monoisotopic (exact) mass is 878 g/mol. The van der Waals surface area contributed by atoms with E-state index in [2.05, 4.69) is 42.8 Å². The molecule has 0 spiro atoms. The molecule has 3 heterocycles. The molecular formula is C41H35BrN8O6S2. The SMILES string of the molecule is C=C(c1ccc(OC)c2c1c(C(CN=[N+]=[N-])NC(=O)C(=O)c1c[nH]c3cc(Br)ccc13)cn2S(=O)(=O)c1ccc(C)cc1)c1cnc(Sc2ccccc2)n1COC.